The van der Waals surface area contributed by atoms with Crippen molar-refractivity contribution in [3.8, 4) is 0 Å². The van der Waals surface area contributed by atoms with E-state index < -0.39 is 10.6 Å². The van der Waals surface area contributed by atoms with Crippen molar-refractivity contribution in [1.82, 2.24) is 0 Å². The van der Waals surface area contributed by atoms with Crippen LogP contribution in [-0.4, -0.2) is 4.92 Å². The Balaban J connectivity index is 0.00000169. The van der Waals surface area contributed by atoms with Gasteiger partial charge in [-0.1, -0.05) is 23.2 Å². The average molecular weight is 254 g/mol. The normalized spacial score (nSPS) is 8.64. The lowest BCUT2D eigenvalue weighted by molar-refractivity contribution is -0.383. The van der Waals surface area contributed by atoms with Crippen LogP contribution in [0.5, 0.6) is 0 Å². The SMILES string of the molecule is N#[N+]c1cc(Cl)c(Cl)cc1[N+](=O)[O-].[Cl-]. The molecule has 5 nitrogen and oxygen atoms in total. The van der Waals surface area contributed by atoms with Crippen LogP contribution < -0.4 is 12.4 Å². The van der Waals surface area contributed by atoms with Gasteiger partial charge in [-0.2, -0.15) is 0 Å². The van der Waals surface area contributed by atoms with Crippen LogP contribution in [0.1, 0.15) is 0 Å². The summed E-state index contributed by atoms with van der Waals surface area (Å²) in [5.41, 5.74) is -0.615. The second-order valence-electron chi connectivity index (χ2n) is 2.11. The molecule has 0 radical (unpaired) electrons. The largest absolute Gasteiger partial charge is 1.00 e. The highest BCUT2D eigenvalue weighted by Gasteiger charge is 2.26. The third-order valence-corrected chi connectivity index (χ3v) is 2.04. The summed E-state index contributed by atoms with van der Waals surface area (Å²) in [7, 11) is 0. The highest BCUT2D eigenvalue weighted by molar-refractivity contribution is 6.42. The number of rotatable bonds is 1. The van der Waals surface area contributed by atoms with E-state index in [9.17, 15) is 10.1 Å². The van der Waals surface area contributed by atoms with Gasteiger partial charge in [0.2, 0.25) is 5.39 Å². The summed E-state index contributed by atoms with van der Waals surface area (Å²) in [4.78, 5) is 12.4. The molecule has 0 aliphatic rings. The Morgan fingerprint density at radius 3 is 2.29 bits per heavy atom. The molecule has 0 bridgehead atoms. The maximum atomic E-state index is 10.4. The molecule has 0 unspecified atom stereocenters. The van der Waals surface area contributed by atoms with Gasteiger partial charge in [-0.05, 0) is 0 Å². The molecule has 0 amide bonds. The average Bonchev–Trinajstić information content (AvgIpc) is 2.08. The number of benzene rings is 1. The molecule has 0 atom stereocenters. The number of hydrogen-bond acceptors (Lipinski definition) is 3. The van der Waals surface area contributed by atoms with Gasteiger partial charge in [0, 0.05) is 6.07 Å². The van der Waals surface area contributed by atoms with E-state index in [4.69, 9.17) is 28.6 Å². The quantitative estimate of drug-likeness (QED) is 0.413. The summed E-state index contributed by atoms with van der Waals surface area (Å²) in [6.45, 7) is 0. The Bertz CT molecular complexity index is 416. The van der Waals surface area contributed by atoms with Gasteiger partial charge in [0.25, 0.3) is 0 Å². The van der Waals surface area contributed by atoms with Crippen LogP contribution in [0, 0.1) is 15.5 Å². The molecule has 0 saturated carbocycles. The van der Waals surface area contributed by atoms with E-state index in [1.807, 2.05) is 0 Å². The van der Waals surface area contributed by atoms with E-state index in [-0.39, 0.29) is 28.1 Å². The molecule has 74 valence electrons. The van der Waals surface area contributed by atoms with Crippen molar-refractivity contribution in [2.45, 2.75) is 0 Å². The molecular formula is C6H2Cl3N3O2. The minimum atomic E-state index is -0.711. The summed E-state index contributed by atoms with van der Waals surface area (Å²) in [5.74, 6) is 0. The van der Waals surface area contributed by atoms with E-state index in [0.717, 1.165) is 12.1 Å². The van der Waals surface area contributed by atoms with Gasteiger partial charge in [-0.15, -0.1) is 0 Å². The maximum absolute atomic E-state index is 10.4. The number of hydrogen-bond donors (Lipinski definition) is 0. The van der Waals surface area contributed by atoms with Gasteiger partial charge >= 0.3 is 11.4 Å². The second-order valence-corrected chi connectivity index (χ2v) is 2.93. The molecule has 1 aromatic rings. The first-order valence-corrected chi connectivity index (χ1v) is 3.80. The molecule has 1 rings (SSSR count). The standard InChI is InChI=1S/C6H2Cl2N3O2.ClH/c7-3-1-5(10-9)6(11(12)13)2-4(3)8;/h1-2H;1H/q+1;/p-1. The highest BCUT2D eigenvalue weighted by atomic mass is 35.5. The second kappa shape index (κ2) is 4.96. The Kier molecular flexibility index (Phi) is 4.57. The number of nitro groups is 1. The highest BCUT2D eigenvalue weighted by Crippen LogP contribution is 2.35. The lowest BCUT2D eigenvalue weighted by atomic mass is 10.3. The van der Waals surface area contributed by atoms with Crippen LogP contribution in [0.3, 0.4) is 0 Å². The Labute approximate surface area is 94.8 Å². The Morgan fingerprint density at radius 1 is 1.36 bits per heavy atom. The fourth-order valence-electron chi connectivity index (χ4n) is 0.752. The molecular weight excluding hydrogens is 252 g/mol. The van der Waals surface area contributed by atoms with Gasteiger partial charge in [-0.25, -0.2) is 0 Å². The molecule has 0 heterocycles. The molecule has 0 aliphatic carbocycles. The Morgan fingerprint density at radius 2 is 1.86 bits per heavy atom. The molecule has 0 spiro atoms. The third-order valence-electron chi connectivity index (χ3n) is 1.32. The topological polar surface area (TPSA) is 71.3 Å². The number of diazo groups is 1. The monoisotopic (exact) mass is 253 g/mol. The summed E-state index contributed by atoms with van der Waals surface area (Å²) >= 11 is 11.1. The molecule has 1 aromatic carbocycles. The fraction of sp³-hybridized carbons (Fsp3) is 0. The van der Waals surface area contributed by atoms with E-state index in [0.29, 0.717) is 0 Å². The smallest absolute Gasteiger partial charge is 0.462 e. The fourth-order valence-corrected chi connectivity index (χ4v) is 1.07. The predicted octanol–water partition coefficient (Wildman–Crippen LogP) is 0.390. The first-order chi connectivity index (χ1) is 6.06. The minimum Gasteiger partial charge on any atom is -1.00 e. The molecule has 0 fully saturated rings. The van der Waals surface area contributed by atoms with Crippen molar-refractivity contribution in [3.05, 3.63) is 37.3 Å². The van der Waals surface area contributed by atoms with Crippen molar-refractivity contribution in [2.75, 3.05) is 0 Å². The van der Waals surface area contributed by atoms with Crippen LogP contribution in [0.4, 0.5) is 11.4 Å². The van der Waals surface area contributed by atoms with E-state index in [1.165, 1.54) is 0 Å². The van der Waals surface area contributed by atoms with Crippen molar-refractivity contribution < 1.29 is 17.3 Å². The molecule has 0 aliphatic heterocycles. The van der Waals surface area contributed by atoms with E-state index in [2.05, 4.69) is 4.98 Å². The summed E-state index contributed by atoms with van der Waals surface area (Å²) in [5, 5.41) is 18.9. The van der Waals surface area contributed by atoms with Crippen molar-refractivity contribution in [2.24, 2.45) is 0 Å². The minimum absolute atomic E-state index is 0. The van der Waals surface area contributed by atoms with Crippen LogP contribution >= 0.6 is 23.2 Å². The van der Waals surface area contributed by atoms with Crippen molar-refractivity contribution in [3.63, 3.8) is 0 Å². The van der Waals surface area contributed by atoms with Gasteiger partial charge in [-0.3, -0.25) is 10.1 Å². The molecule has 0 N–H and O–H groups in total. The van der Waals surface area contributed by atoms with Crippen molar-refractivity contribution in [1.29, 1.82) is 5.39 Å². The van der Waals surface area contributed by atoms with Gasteiger partial charge in [0.1, 0.15) is 0 Å². The van der Waals surface area contributed by atoms with Crippen LogP contribution in [0.15, 0.2) is 12.1 Å². The van der Waals surface area contributed by atoms with Crippen LogP contribution in [-0.2, 0) is 0 Å². The third kappa shape index (κ3) is 2.45. The van der Waals surface area contributed by atoms with E-state index >= 15 is 0 Å². The zero-order valence-electron chi connectivity index (χ0n) is 6.45. The molecule has 8 heteroatoms. The zero-order valence-corrected chi connectivity index (χ0v) is 8.71. The molecule has 0 aromatic heterocycles. The predicted molar refractivity (Wildman–Crippen MR) is 47.9 cm³/mol. The zero-order chi connectivity index (χ0) is 10.0. The van der Waals surface area contributed by atoms with Crippen molar-refractivity contribution >= 4 is 34.6 Å². The van der Waals surface area contributed by atoms with Crippen LogP contribution in [0.25, 0.3) is 4.98 Å². The summed E-state index contributed by atoms with van der Waals surface area (Å²) < 4.78 is 0. The van der Waals surface area contributed by atoms with Gasteiger partial charge in [0.05, 0.1) is 21.0 Å². The maximum Gasteiger partial charge on any atom is 0.462 e. The Hall–Kier alpha value is -1.09. The van der Waals surface area contributed by atoms with Gasteiger partial charge in [0.15, 0.2) is 4.98 Å². The lowest BCUT2D eigenvalue weighted by Gasteiger charge is -1.91. The summed E-state index contributed by atoms with van der Waals surface area (Å²) in [6.07, 6.45) is 0. The lowest BCUT2D eigenvalue weighted by Crippen LogP contribution is -3.00. The summed E-state index contributed by atoms with van der Waals surface area (Å²) in [6, 6.07) is 2.14. The first kappa shape index (κ1) is 12.9. The van der Waals surface area contributed by atoms with Gasteiger partial charge < -0.3 is 12.4 Å². The number of halogens is 3. The first-order valence-electron chi connectivity index (χ1n) is 3.05. The molecule has 0 saturated heterocycles. The number of nitrogens with zero attached hydrogens (tertiary/aromatic N) is 3. The van der Waals surface area contributed by atoms with Crippen LogP contribution in [0.2, 0.25) is 10.0 Å². The molecule has 14 heavy (non-hydrogen) atoms. The van der Waals surface area contributed by atoms with E-state index in [1.54, 1.807) is 0 Å². The number of nitro benzene ring substituents is 1.